The summed E-state index contributed by atoms with van der Waals surface area (Å²) in [6, 6.07) is 17.5. The van der Waals surface area contributed by atoms with Crippen molar-refractivity contribution in [1.82, 2.24) is 14.8 Å². The fraction of sp³-hybridized carbons (Fsp3) is 0.238. The highest BCUT2D eigenvalue weighted by atomic mass is 16.2. The number of nitrogens with zero attached hydrogens (tertiary/aromatic N) is 2. The summed E-state index contributed by atoms with van der Waals surface area (Å²) in [6.07, 6.45) is 0.757. The van der Waals surface area contributed by atoms with Gasteiger partial charge in [0.25, 0.3) is 5.91 Å². The Kier molecular flexibility index (Phi) is 3.04. The van der Waals surface area contributed by atoms with E-state index in [0.717, 1.165) is 34.1 Å². The predicted octanol–water partition coefficient (Wildman–Crippen LogP) is 3.40. The van der Waals surface area contributed by atoms with E-state index in [1.54, 1.807) is 4.90 Å². The van der Waals surface area contributed by atoms with Crippen molar-refractivity contribution in [3.05, 3.63) is 71.4 Å². The van der Waals surface area contributed by atoms with Crippen LogP contribution in [0.3, 0.4) is 0 Å². The molecular formula is C21H19N3O2. The average molecular weight is 345 g/mol. The molecule has 1 atom stereocenters. The predicted molar refractivity (Wildman–Crippen MR) is 98.4 cm³/mol. The molecule has 5 nitrogen and oxygen atoms in total. The van der Waals surface area contributed by atoms with Gasteiger partial charge in [0.05, 0.1) is 12.2 Å². The van der Waals surface area contributed by atoms with Gasteiger partial charge in [0.2, 0.25) is 0 Å². The summed E-state index contributed by atoms with van der Waals surface area (Å²) in [5, 5.41) is 1.14. The Morgan fingerprint density at radius 1 is 1.04 bits per heavy atom. The molecule has 1 N–H and O–H groups in total. The van der Waals surface area contributed by atoms with Gasteiger partial charge in [-0.3, -0.25) is 9.69 Å². The second-order valence-electron chi connectivity index (χ2n) is 7.16. The second-order valence-corrected chi connectivity index (χ2v) is 7.16. The van der Waals surface area contributed by atoms with E-state index in [0.29, 0.717) is 13.1 Å². The van der Waals surface area contributed by atoms with Gasteiger partial charge in [0.1, 0.15) is 0 Å². The number of urea groups is 1. The second kappa shape index (κ2) is 5.21. The van der Waals surface area contributed by atoms with Crippen LogP contribution in [0, 0.1) is 0 Å². The van der Waals surface area contributed by atoms with E-state index >= 15 is 0 Å². The van der Waals surface area contributed by atoms with Gasteiger partial charge in [-0.1, -0.05) is 48.5 Å². The van der Waals surface area contributed by atoms with Crippen LogP contribution >= 0.6 is 0 Å². The van der Waals surface area contributed by atoms with Crippen molar-refractivity contribution >= 4 is 22.8 Å². The molecule has 5 heteroatoms. The first-order chi connectivity index (χ1) is 12.6. The van der Waals surface area contributed by atoms with Gasteiger partial charge < -0.3 is 9.88 Å². The van der Waals surface area contributed by atoms with Crippen LogP contribution in [-0.2, 0) is 23.3 Å². The minimum absolute atomic E-state index is 0.154. The number of carbonyl (C=O) groups excluding carboxylic acids is 2. The number of H-pyrrole nitrogens is 1. The summed E-state index contributed by atoms with van der Waals surface area (Å²) in [6.45, 7) is 2.73. The molecular weight excluding hydrogens is 326 g/mol. The zero-order valence-corrected chi connectivity index (χ0v) is 14.5. The molecule has 1 fully saturated rings. The van der Waals surface area contributed by atoms with E-state index in [1.807, 2.05) is 55.5 Å². The third-order valence-electron chi connectivity index (χ3n) is 5.73. The summed E-state index contributed by atoms with van der Waals surface area (Å²) in [5.74, 6) is -0.154. The third kappa shape index (κ3) is 1.85. The number of nitrogens with one attached hydrogen (secondary N) is 1. The molecule has 130 valence electrons. The Balaban J connectivity index is 1.61. The molecule has 3 heterocycles. The number of carbonyl (C=O) groups is 2. The Morgan fingerprint density at radius 2 is 1.77 bits per heavy atom. The van der Waals surface area contributed by atoms with Crippen molar-refractivity contribution < 1.29 is 9.59 Å². The highest BCUT2D eigenvalue weighted by Crippen LogP contribution is 2.44. The number of imide groups is 1. The maximum atomic E-state index is 13.4. The number of aromatic nitrogens is 1. The molecule has 0 spiro atoms. The number of rotatable bonds is 2. The van der Waals surface area contributed by atoms with Crippen LogP contribution in [0.25, 0.3) is 10.9 Å². The lowest BCUT2D eigenvalue weighted by atomic mass is 9.87. The summed E-state index contributed by atoms with van der Waals surface area (Å²) >= 11 is 0. The van der Waals surface area contributed by atoms with Crippen molar-refractivity contribution in [3.63, 3.8) is 0 Å². The smallest absolute Gasteiger partial charge is 0.328 e. The summed E-state index contributed by atoms with van der Waals surface area (Å²) < 4.78 is 0. The molecule has 1 saturated heterocycles. The van der Waals surface area contributed by atoms with Crippen LogP contribution in [-0.4, -0.2) is 33.3 Å². The zero-order valence-electron chi connectivity index (χ0n) is 14.5. The summed E-state index contributed by atoms with van der Waals surface area (Å²) in [5.41, 5.74) is 3.02. The fourth-order valence-corrected chi connectivity index (χ4v) is 4.37. The topological polar surface area (TPSA) is 56.4 Å². The van der Waals surface area contributed by atoms with Crippen LogP contribution in [0.5, 0.6) is 0 Å². The van der Waals surface area contributed by atoms with Crippen LogP contribution in [0.2, 0.25) is 0 Å². The summed E-state index contributed by atoms with van der Waals surface area (Å²) in [4.78, 5) is 32.9. The molecule has 0 saturated carbocycles. The Bertz CT molecular complexity index is 1040. The van der Waals surface area contributed by atoms with E-state index < -0.39 is 5.54 Å². The van der Waals surface area contributed by atoms with Gasteiger partial charge in [-0.15, -0.1) is 0 Å². The standard InChI is InChI=1S/C21H19N3O2/c1-21-18-16(15-9-5-6-10-17(15)22-18)11-12-24(21)20(26)23(19(21)25)13-14-7-3-2-4-8-14/h2-10,22H,11-13H2,1H3. The van der Waals surface area contributed by atoms with Gasteiger partial charge in [-0.05, 0) is 30.5 Å². The number of hydrogen-bond acceptors (Lipinski definition) is 2. The third-order valence-corrected chi connectivity index (χ3v) is 5.73. The van der Waals surface area contributed by atoms with Crippen molar-refractivity contribution in [3.8, 4) is 0 Å². The van der Waals surface area contributed by atoms with Crippen LogP contribution < -0.4 is 0 Å². The quantitative estimate of drug-likeness (QED) is 0.724. The molecule has 3 aromatic rings. The number of aromatic amines is 1. The molecule has 1 unspecified atom stereocenters. The highest BCUT2D eigenvalue weighted by molar-refractivity contribution is 6.08. The molecule has 1 aromatic heterocycles. The summed E-state index contributed by atoms with van der Waals surface area (Å²) in [7, 11) is 0. The van der Waals surface area contributed by atoms with Gasteiger partial charge in [-0.25, -0.2) is 4.79 Å². The molecule has 26 heavy (non-hydrogen) atoms. The molecule has 2 aliphatic heterocycles. The monoisotopic (exact) mass is 345 g/mol. The van der Waals surface area contributed by atoms with E-state index in [9.17, 15) is 9.59 Å². The van der Waals surface area contributed by atoms with Crippen molar-refractivity contribution in [2.45, 2.75) is 25.4 Å². The molecule has 5 rings (SSSR count). The molecule has 3 amide bonds. The van der Waals surface area contributed by atoms with Crippen LogP contribution in [0.1, 0.15) is 23.7 Å². The number of hydrogen-bond donors (Lipinski definition) is 1. The van der Waals surface area contributed by atoms with Crippen molar-refractivity contribution in [2.24, 2.45) is 0 Å². The van der Waals surface area contributed by atoms with E-state index in [-0.39, 0.29) is 11.9 Å². The molecule has 0 aliphatic carbocycles. The average Bonchev–Trinajstić information content (AvgIpc) is 3.13. The van der Waals surface area contributed by atoms with Crippen LogP contribution in [0.15, 0.2) is 54.6 Å². The number of fused-ring (bicyclic) bond motifs is 5. The molecule has 0 radical (unpaired) electrons. The maximum Gasteiger partial charge on any atom is 0.328 e. The maximum absolute atomic E-state index is 13.4. The van der Waals surface area contributed by atoms with Gasteiger partial charge >= 0.3 is 6.03 Å². The normalized spacial score (nSPS) is 22.0. The Hall–Kier alpha value is -3.08. The Labute approximate surface area is 151 Å². The SMILES string of the molecule is CC12C(=O)N(Cc3ccccc3)C(=O)N1CCc1c2[nH]c2ccccc12. The zero-order chi connectivity index (χ0) is 17.9. The molecule has 0 bridgehead atoms. The van der Waals surface area contributed by atoms with Crippen molar-refractivity contribution in [2.75, 3.05) is 6.54 Å². The van der Waals surface area contributed by atoms with Gasteiger partial charge in [0, 0.05) is 17.4 Å². The Morgan fingerprint density at radius 3 is 2.58 bits per heavy atom. The first kappa shape index (κ1) is 15.2. The lowest BCUT2D eigenvalue weighted by molar-refractivity contribution is -0.133. The minimum Gasteiger partial charge on any atom is -0.356 e. The van der Waals surface area contributed by atoms with Crippen molar-refractivity contribution in [1.29, 1.82) is 0 Å². The largest absolute Gasteiger partial charge is 0.356 e. The molecule has 2 aromatic carbocycles. The minimum atomic E-state index is -0.960. The lowest BCUT2D eigenvalue weighted by Crippen LogP contribution is -2.48. The van der Waals surface area contributed by atoms with Crippen LogP contribution in [0.4, 0.5) is 4.79 Å². The lowest BCUT2D eigenvalue weighted by Gasteiger charge is -2.36. The highest BCUT2D eigenvalue weighted by Gasteiger charge is 2.58. The van der Waals surface area contributed by atoms with E-state index in [2.05, 4.69) is 11.1 Å². The first-order valence-corrected chi connectivity index (χ1v) is 8.88. The number of para-hydroxylation sites is 1. The molecule has 2 aliphatic rings. The van der Waals surface area contributed by atoms with E-state index in [1.165, 1.54) is 4.90 Å². The fourth-order valence-electron chi connectivity index (χ4n) is 4.37. The van der Waals surface area contributed by atoms with Gasteiger partial charge in [0.15, 0.2) is 5.54 Å². The number of amides is 3. The number of benzene rings is 2. The first-order valence-electron chi connectivity index (χ1n) is 8.88. The van der Waals surface area contributed by atoms with E-state index in [4.69, 9.17) is 0 Å². The van der Waals surface area contributed by atoms with Gasteiger partial charge in [-0.2, -0.15) is 0 Å².